The molecule has 1 aromatic carbocycles. The Kier molecular flexibility index (Phi) is 3.30. The largest absolute Gasteiger partial charge is 0.316 e. The van der Waals surface area contributed by atoms with E-state index < -0.39 is 0 Å². The number of benzene rings is 1. The van der Waals surface area contributed by atoms with E-state index in [1.54, 1.807) is 0 Å². The van der Waals surface area contributed by atoms with Crippen LogP contribution in [0.25, 0.3) is 0 Å². The van der Waals surface area contributed by atoms with Crippen molar-refractivity contribution in [2.75, 3.05) is 13.1 Å². The van der Waals surface area contributed by atoms with Gasteiger partial charge in [0.25, 0.3) is 0 Å². The second kappa shape index (κ2) is 4.98. The highest BCUT2D eigenvalue weighted by atomic mass is 35.5. The molecular weight excluding hydrogens is 317 g/mol. The van der Waals surface area contributed by atoms with Crippen LogP contribution in [0.15, 0.2) is 30.6 Å². The van der Waals surface area contributed by atoms with Crippen LogP contribution in [0.5, 0.6) is 0 Å². The van der Waals surface area contributed by atoms with Crippen LogP contribution in [-0.2, 0) is 12.0 Å². The maximum absolute atomic E-state index is 6.26. The van der Waals surface area contributed by atoms with E-state index in [0.717, 1.165) is 26.1 Å². The van der Waals surface area contributed by atoms with Crippen molar-refractivity contribution in [1.29, 1.82) is 0 Å². The molecule has 5 heteroatoms. The van der Waals surface area contributed by atoms with Gasteiger partial charge >= 0.3 is 0 Å². The molecule has 1 saturated heterocycles. The fourth-order valence-corrected chi connectivity index (χ4v) is 4.52. The van der Waals surface area contributed by atoms with Gasteiger partial charge in [0.2, 0.25) is 0 Å². The molecule has 2 fully saturated rings. The van der Waals surface area contributed by atoms with Gasteiger partial charge < -0.3 is 5.32 Å². The molecule has 2 atom stereocenters. The smallest absolute Gasteiger partial charge is 0.0595 e. The third-order valence-corrected chi connectivity index (χ3v) is 6.16. The van der Waals surface area contributed by atoms with Crippen LogP contribution in [0.4, 0.5) is 0 Å². The number of halogens is 2. The quantitative estimate of drug-likeness (QED) is 0.923. The second-order valence-corrected chi connectivity index (χ2v) is 7.62. The summed E-state index contributed by atoms with van der Waals surface area (Å²) in [5.74, 6) is 0. The van der Waals surface area contributed by atoms with E-state index >= 15 is 0 Å². The number of nitrogens with one attached hydrogen (secondary N) is 1. The molecule has 1 N–H and O–H groups in total. The van der Waals surface area contributed by atoms with Crippen LogP contribution in [-0.4, -0.2) is 22.9 Å². The Balaban J connectivity index is 1.69. The van der Waals surface area contributed by atoms with Gasteiger partial charge in [-0.15, -0.1) is 0 Å². The van der Waals surface area contributed by atoms with E-state index in [9.17, 15) is 0 Å². The third kappa shape index (κ3) is 2.10. The van der Waals surface area contributed by atoms with Crippen molar-refractivity contribution in [1.82, 2.24) is 15.1 Å². The van der Waals surface area contributed by atoms with Gasteiger partial charge in [0.15, 0.2) is 0 Å². The van der Waals surface area contributed by atoms with E-state index in [1.165, 1.54) is 17.5 Å². The molecule has 2 heterocycles. The minimum absolute atomic E-state index is 0.215. The zero-order valence-corrected chi connectivity index (χ0v) is 14.1. The topological polar surface area (TPSA) is 29.9 Å². The van der Waals surface area contributed by atoms with Crippen molar-refractivity contribution >= 4 is 23.2 Å². The zero-order chi connectivity index (χ0) is 15.4. The van der Waals surface area contributed by atoms with Crippen molar-refractivity contribution in [3.8, 4) is 0 Å². The molecule has 0 spiro atoms. The first-order valence-electron chi connectivity index (χ1n) is 7.70. The summed E-state index contributed by atoms with van der Waals surface area (Å²) in [5, 5.41) is 9.33. The maximum atomic E-state index is 6.26. The molecule has 1 aliphatic heterocycles. The summed E-state index contributed by atoms with van der Waals surface area (Å²) in [6.07, 6.45) is 6.38. The predicted octanol–water partition coefficient (Wildman–Crippen LogP) is 3.82. The molecule has 0 bridgehead atoms. The standard InChI is InChI=1S/C17H19Cl2N3/c1-12-7-21-22(8-12)11-16-9-17(16,4-5-20-10-16)13-2-3-14(18)15(19)6-13/h2-3,6-8,20H,4-5,9-11H2,1H3/t16-,17-/m1/s1. The molecule has 2 aromatic rings. The highest BCUT2D eigenvalue weighted by molar-refractivity contribution is 6.42. The van der Waals surface area contributed by atoms with E-state index in [0.29, 0.717) is 10.0 Å². The number of aryl methyl sites for hydroxylation is 1. The third-order valence-electron chi connectivity index (χ3n) is 5.42. The molecule has 1 aromatic heterocycles. The number of piperidine rings is 1. The molecule has 0 radical (unpaired) electrons. The fraction of sp³-hybridized carbons (Fsp3) is 0.471. The molecule has 4 rings (SSSR count). The average molecular weight is 336 g/mol. The van der Waals surface area contributed by atoms with Crippen LogP contribution >= 0.6 is 23.2 Å². The van der Waals surface area contributed by atoms with Crippen molar-refractivity contribution in [3.63, 3.8) is 0 Å². The monoisotopic (exact) mass is 335 g/mol. The van der Waals surface area contributed by atoms with Gasteiger partial charge in [-0.3, -0.25) is 4.68 Å². The van der Waals surface area contributed by atoms with Crippen LogP contribution in [0.2, 0.25) is 10.0 Å². The summed E-state index contributed by atoms with van der Waals surface area (Å²) in [5.41, 5.74) is 2.99. The number of hydrogen-bond donors (Lipinski definition) is 1. The molecule has 22 heavy (non-hydrogen) atoms. The normalized spacial score (nSPS) is 30.1. The number of nitrogens with zero attached hydrogens (tertiary/aromatic N) is 2. The first-order chi connectivity index (χ1) is 10.5. The maximum Gasteiger partial charge on any atom is 0.0595 e. The Bertz CT molecular complexity index is 726. The van der Waals surface area contributed by atoms with Gasteiger partial charge in [0, 0.05) is 30.1 Å². The first kappa shape index (κ1) is 14.6. The van der Waals surface area contributed by atoms with Crippen LogP contribution in [0.3, 0.4) is 0 Å². The first-order valence-corrected chi connectivity index (χ1v) is 8.46. The number of aromatic nitrogens is 2. The minimum Gasteiger partial charge on any atom is -0.316 e. The summed E-state index contributed by atoms with van der Waals surface area (Å²) >= 11 is 12.3. The van der Waals surface area contributed by atoms with Crippen molar-refractivity contribution in [2.45, 2.75) is 31.7 Å². The van der Waals surface area contributed by atoms with Gasteiger partial charge in [0.1, 0.15) is 0 Å². The molecule has 1 saturated carbocycles. The molecule has 2 aliphatic rings. The highest BCUT2D eigenvalue weighted by Gasteiger charge is 2.68. The van der Waals surface area contributed by atoms with Crippen LogP contribution in [0.1, 0.15) is 24.0 Å². The van der Waals surface area contributed by atoms with E-state index in [2.05, 4.69) is 40.4 Å². The van der Waals surface area contributed by atoms with Gasteiger partial charge in [-0.25, -0.2) is 0 Å². The van der Waals surface area contributed by atoms with E-state index in [4.69, 9.17) is 23.2 Å². The zero-order valence-electron chi connectivity index (χ0n) is 12.6. The Hall–Kier alpha value is -1.03. The lowest BCUT2D eigenvalue weighted by Gasteiger charge is -2.32. The van der Waals surface area contributed by atoms with E-state index in [-0.39, 0.29) is 10.8 Å². The summed E-state index contributed by atoms with van der Waals surface area (Å²) in [4.78, 5) is 0. The number of rotatable bonds is 3. The average Bonchev–Trinajstić information content (AvgIpc) is 3.01. The molecule has 0 amide bonds. The van der Waals surface area contributed by atoms with Crippen molar-refractivity contribution in [2.24, 2.45) is 5.41 Å². The highest BCUT2D eigenvalue weighted by Crippen LogP contribution is 2.68. The Morgan fingerprint density at radius 1 is 1.32 bits per heavy atom. The summed E-state index contributed by atoms with van der Waals surface area (Å²) in [6.45, 7) is 5.12. The van der Waals surface area contributed by atoms with Crippen LogP contribution in [0, 0.1) is 12.3 Å². The lowest BCUT2D eigenvalue weighted by Crippen LogP contribution is -2.40. The second-order valence-electron chi connectivity index (χ2n) is 6.81. The lowest BCUT2D eigenvalue weighted by atomic mass is 9.81. The van der Waals surface area contributed by atoms with Crippen molar-refractivity contribution < 1.29 is 0 Å². The molecular formula is C17H19Cl2N3. The fourth-order valence-electron chi connectivity index (χ4n) is 4.22. The summed E-state index contributed by atoms with van der Waals surface area (Å²) in [7, 11) is 0. The van der Waals surface area contributed by atoms with Crippen molar-refractivity contribution in [3.05, 3.63) is 51.8 Å². The predicted molar refractivity (Wildman–Crippen MR) is 89.6 cm³/mol. The Morgan fingerprint density at radius 3 is 2.91 bits per heavy atom. The van der Waals surface area contributed by atoms with Gasteiger partial charge in [0.05, 0.1) is 16.2 Å². The van der Waals surface area contributed by atoms with E-state index in [1.807, 2.05) is 12.3 Å². The van der Waals surface area contributed by atoms with Gasteiger partial charge in [-0.2, -0.15) is 5.10 Å². The minimum atomic E-state index is 0.215. The number of fused-ring (bicyclic) bond motifs is 1. The lowest BCUT2D eigenvalue weighted by molar-refractivity contribution is 0.275. The summed E-state index contributed by atoms with van der Waals surface area (Å²) < 4.78 is 2.08. The Labute approximate surface area is 140 Å². The SMILES string of the molecule is Cc1cnn(C[C@@]23CNCC[C@]2(c2ccc(Cl)c(Cl)c2)C3)c1. The summed E-state index contributed by atoms with van der Waals surface area (Å²) in [6, 6.07) is 6.14. The Morgan fingerprint density at radius 2 is 2.18 bits per heavy atom. The molecule has 116 valence electrons. The number of hydrogen-bond acceptors (Lipinski definition) is 2. The van der Waals surface area contributed by atoms with Gasteiger partial charge in [-0.05, 0) is 49.6 Å². The van der Waals surface area contributed by atoms with Gasteiger partial charge in [-0.1, -0.05) is 29.3 Å². The molecule has 1 aliphatic carbocycles. The molecule has 3 nitrogen and oxygen atoms in total. The van der Waals surface area contributed by atoms with Crippen LogP contribution < -0.4 is 5.32 Å². The molecule has 0 unspecified atom stereocenters.